The minimum Gasteiger partial charge on any atom is -0.350 e. The van der Waals surface area contributed by atoms with Gasteiger partial charge in [0.15, 0.2) is 5.65 Å². The van der Waals surface area contributed by atoms with Crippen LogP contribution >= 0.6 is 0 Å². The van der Waals surface area contributed by atoms with Crippen LogP contribution in [0.15, 0.2) is 24.4 Å². The van der Waals surface area contributed by atoms with Gasteiger partial charge in [-0.2, -0.15) is 4.98 Å². The van der Waals surface area contributed by atoms with Crippen LogP contribution in [-0.2, 0) is 0 Å². The van der Waals surface area contributed by atoms with Gasteiger partial charge >= 0.3 is 0 Å². The first kappa shape index (κ1) is 9.96. The van der Waals surface area contributed by atoms with Crippen molar-refractivity contribution in [3.63, 3.8) is 0 Å². The number of rotatable bonds is 4. The number of nitrogens with one attached hydrogen (secondary N) is 1. The lowest BCUT2D eigenvalue weighted by atomic mass is 10.2. The minimum atomic E-state index is 0.424. The third kappa shape index (κ3) is 2.26. The van der Waals surface area contributed by atoms with Crippen molar-refractivity contribution in [2.45, 2.75) is 32.7 Å². The zero-order chi connectivity index (χ0) is 10.7. The first-order valence-corrected chi connectivity index (χ1v) is 5.37. The van der Waals surface area contributed by atoms with Gasteiger partial charge in [0.2, 0.25) is 5.95 Å². The Kier molecular flexibility index (Phi) is 2.85. The van der Waals surface area contributed by atoms with Crippen LogP contribution in [0.4, 0.5) is 5.95 Å². The van der Waals surface area contributed by atoms with Gasteiger partial charge in [0.25, 0.3) is 0 Å². The van der Waals surface area contributed by atoms with E-state index >= 15 is 0 Å². The summed E-state index contributed by atoms with van der Waals surface area (Å²) in [6, 6.07) is 6.28. The zero-order valence-corrected chi connectivity index (χ0v) is 9.14. The zero-order valence-electron chi connectivity index (χ0n) is 9.14. The molecule has 0 aliphatic heterocycles. The van der Waals surface area contributed by atoms with Crippen molar-refractivity contribution in [1.29, 1.82) is 0 Å². The largest absolute Gasteiger partial charge is 0.350 e. The maximum Gasteiger partial charge on any atom is 0.243 e. The van der Waals surface area contributed by atoms with Crippen molar-refractivity contribution in [2.24, 2.45) is 0 Å². The second-order valence-corrected chi connectivity index (χ2v) is 3.77. The number of anilines is 1. The smallest absolute Gasteiger partial charge is 0.243 e. The third-order valence-corrected chi connectivity index (χ3v) is 2.34. The second-order valence-electron chi connectivity index (χ2n) is 3.77. The number of hydrogen-bond acceptors (Lipinski definition) is 3. The molecule has 4 nitrogen and oxygen atoms in total. The monoisotopic (exact) mass is 204 g/mol. The fraction of sp³-hybridized carbons (Fsp3) is 0.455. The quantitative estimate of drug-likeness (QED) is 0.831. The van der Waals surface area contributed by atoms with E-state index in [2.05, 4.69) is 29.2 Å². The fourth-order valence-electron chi connectivity index (χ4n) is 1.62. The highest BCUT2D eigenvalue weighted by Crippen LogP contribution is 2.07. The fourth-order valence-corrected chi connectivity index (χ4v) is 1.62. The topological polar surface area (TPSA) is 42.2 Å². The summed E-state index contributed by atoms with van der Waals surface area (Å²) in [5.74, 6) is 0.710. The standard InChI is InChI=1S/C11H16N4/c1-3-6-9(2)12-11-13-10-7-4-5-8-15(10)14-11/h4-5,7-9H,3,6H2,1-2H3,(H,12,14). The summed E-state index contributed by atoms with van der Waals surface area (Å²) in [5.41, 5.74) is 0.878. The molecule has 0 radical (unpaired) electrons. The van der Waals surface area contributed by atoms with E-state index in [4.69, 9.17) is 0 Å². The van der Waals surface area contributed by atoms with Crippen molar-refractivity contribution < 1.29 is 0 Å². The number of aromatic nitrogens is 3. The average molecular weight is 204 g/mol. The molecule has 0 aromatic carbocycles. The van der Waals surface area contributed by atoms with Crippen LogP contribution in [0.5, 0.6) is 0 Å². The summed E-state index contributed by atoms with van der Waals surface area (Å²) in [4.78, 5) is 4.38. The van der Waals surface area contributed by atoms with Crippen LogP contribution < -0.4 is 5.32 Å². The lowest BCUT2D eigenvalue weighted by Crippen LogP contribution is -2.15. The lowest BCUT2D eigenvalue weighted by molar-refractivity contribution is 0.683. The normalized spacial score (nSPS) is 12.9. The summed E-state index contributed by atoms with van der Waals surface area (Å²) in [6.45, 7) is 4.32. The van der Waals surface area contributed by atoms with E-state index in [1.54, 1.807) is 4.52 Å². The Bertz CT molecular complexity index is 402. The van der Waals surface area contributed by atoms with Gasteiger partial charge < -0.3 is 5.32 Å². The average Bonchev–Trinajstić information content (AvgIpc) is 2.59. The molecule has 0 saturated heterocycles. The van der Waals surface area contributed by atoms with Gasteiger partial charge in [-0.1, -0.05) is 19.4 Å². The summed E-state index contributed by atoms with van der Waals surface area (Å²) in [7, 11) is 0. The Hall–Kier alpha value is -1.58. The van der Waals surface area contributed by atoms with Gasteiger partial charge in [0.1, 0.15) is 0 Å². The Labute approximate surface area is 89.3 Å². The molecule has 0 amide bonds. The van der Waals surface area contributed by atoms with Crippen LogP contribution in [0, 0.1) is 0 Å². The molecule has 0 spiro atoms. The molecule has 0 aliphatic carbocycles. The van der Waals surface area contributed by atoms with Gasteiger partial charge in [-0.3, -0.25) is 0 Å². The highest BCUT2D eigenvalue weighted by molar-refractivity contribution is 5.43. The van der Waals surface area contributed by atoms with E-state index in [-0.39, 0.29) is 0 Å². The molecule has 0 saturated carbocycles. The van der Waals surface area contributed by atoms with Crippen molar-refractivity contribution in [3.8, 4) is 0 Å². The van der Waals surface area contributed by atoms with Crippen molar-refractivity contribution >= 4 is 11.6 Å². The van der Waals surface area contributed by atoms with Gasteiger partial charge in [-0.25, -0.2) is 4.52 Å². The maximum absolute atomic E-state index is 4.38. The number of nitrogens with zero attached hydrogens (tertiary/aromatic N) is 3. The Morgan fingerprint density at radius 2 is 2.33 bits per heavy atom. The maximum atomic E-state index is 4.38. The third-order valence-electron chi connectivity index (χ3n) is 2.34. The van der Waals surface area contributed by atoms with E-state index < -0.39 is 0 Å². The van der Waals surface area contributed by atoms with E-state index in [9.17, 15) is 0 Å². The molecule has 1 unspecified atom stereocenters. The molecular formula is C11H16N4. The van der Waals surface area contributed by atoms with E-state index in [0.717, 1.165) is 12.1 Å². The number of pyridine rings is 1. The highest BCUT2D eigenvalue weighted by atomic mass is 15.3. The van der Waals surface area contributed by atoms with Gasteiger partial charge in [-0.05, 0) is 25.5 Å². The second kappa shape index (κ2) is 4.29. The molecule has 1 N–H and O–H groups in total. The van der Waals surface area contributed by atoms with Crippen molar-refractivity contribution in [1.82, 2.24) is 14.6 Å². The molecule has 80 valence electrons. The summed E-state index contributed by atoms with van der Waals surface area (Å²) in [6.07, 6.45) is 4.20. The molecule has 2 heterocycles. The summed E-state index contributed by atoms with van der Waals surface area (Å²) >= 11 is 0. The van der Waals surface area contributed by atoms with Crippen molar-refractivity contribution in [3.05, 3.63) is 24.4 Å². The molecule has 0 aliphatic rings. The number of fused-ring (bicyclic) bond motifs is 1. The molecule has 0 bridgehead atoms. The van der Waals surface area contributed by atoms with E-state index in [1.807, 2.05) is 24.4 Å². The predicted octanol–water partition coefficient (Wildman–Crippen LogP) is 2.33. The highest BCUT2D eigenvalue weighted by Gasteiger charge is 2.05. The van der Waals surface area contributed by atoms with Gasteiger partial charge in [-0.15, -0.1) is 5.10 Å². The Balaban J connectivity index is 2.15. The Morgan fingerprint density at radius 3 is 3.07 bits per heavy atom. The van der Waals surface area contributed by atoms with Crippen LogP contribution in [0.3, 0.4) is 0 Å². The molecule has 1 atom stereocenters. The summed E-state index contributed by atoms with van der Waals surface area (Å²) < 4.78 is 1.78. The Morgan fingerprint density at radius 1 is 1.47 bits per heavy atom. The first-order chi connectivity index (χ1) is 7.29. The van der Waals surface area contributed by atoms with Crippen LogP contribution in [0.1, 0.15) is 26.7 Å². The predicted molar refractivity (Wildman–Crippen MR) is 61.0 cm³/mol. The van der Waals surface area contributed by atoms with E-state index in [1.165, 1.54) is 6.42 Å². The molecular weight excluding hydrogens is 188 g/mol. The molecule has 0 fully saturated rings. The van der Waals surface area contributed by atoms with Crippen LogP contribution in [-0.4, -0.2) is 20.6 Å². The first-order valence-electron chi connectivity index (χ1n) is 5.37. The molecule has 2 aromatic heterocycles. The molecule has 4 heteroatoms. The van der Waals surface area contributed by atoms with Gasteiger partial charge in [0, 0.05) is 12.2 Å². The SMILES string of the molecule is CCCC(C)Nc1nc2ccccn2n1. The van der Waals surface area contributed by atoms with E-state index in [0.29, 0.717) is 12.0 Å². The molecule has 2 aromatic rings. The molecule has 15 heavy (non-hydrogen) atoms. The van der Waals surface area contributed by atoms with Crippen molar-refractivity contribution in [2.75, 3.05) is 5.32 Å². The minimum absolute atomic E-state index is 0.424. The molecule has 2 rings (SSSR count). The lowest BCUT2D eigenvalue weighted by Gasteiger charge is -2.09. The number of hydrogen-bond donors (Lipinski definition) is 1. The van der Waals surface area contributed by atoms with Gasteiger partial charge in [0.05, 0.1) is 0 Å². The van der Waals surface area contributed by atoms with Crippen LogP contribution in [0.2, 0.25) is 0 Å². The summed E-state index contributed by atoms with van der Waals surface area (Å²) in [5, 5.41) is 7.62. The van der Waals surface area contributed by atoms with Crippen LogP contribution in [0.25, 0.3) is 5.65 Å².